The zero-order valence-corrected chi connectivity index (χ0v) is 12.1. The van der Waals surface area contributed by atoms with Crippen molar-refractivity contribution in [2.24, 2.45) is 11.3 Å². The lowest BCUT2D eigenvalue weighted by molar-refractivity contribution is -0.135. The third-order valence-electron chi connectivity index (χ3n) is 4.74. The predicted octanol–water partition coefficient (Wildman–Crippen LogP) is 2.49. The van der Waals surface area contributed by atoms with Crippen molar-refractivity contribution in [3.8, 4) is 0 Å². The largest absolute Gasteiger partial charge is 0.381 e. The van der Waals surface area contributed by atoms with E-state index in [0.29, 0.717) is 11.9 Å². The third-order valence-corrected chi connectivity index (χ3v) is 4.74. The molecule has 0 N–H and O–H groups in total. The summed E-state index contributed by atoms with van der Waals surface area (Å²) >= 11 is 0. The molecule has 1 heterocycles. The van der Waals surface area contributed by atoms with E-state index >= 15 is 0 Å². The fourth-order valence-corrected chi connectivity index (χ4v) is 3.41. The van der Waals surface area contributed by atoms with Crippen LogP contribution in [-0.2, 0) is 9.53 Å². The van der Waals surface area contributed by atoms with Crippen LogP contribution in [0, 0.1) is 11.3 Å². The molecule has 1 saturated carbocycles. The van der Waals surface area contributed by atoms with Crippen molar-refractivity contribution >= 4 is 5.78 Å². The summed E-state index contributed by atoms with van der Waals surface area (Å²) in [5.41, 5.74) is -0.0895. The van der Waals surface area contributed by atoms with Gasteiger partial charge in [-0.3, -0.25) is 4.79 Å². The van der Waals surface area contributed by atoms with Gasteiger partial charge in [-0.05, 0) is 25.7 Å². The molecule has 3 heteroatoms. The molecule has 0 radical (unpaired) electrons. The van der Waals surface area contributed by atoms with Crippen molar-refractivity contribution < 1.29 is 9.53 Å². The number of piperidine rings is 1. The maximum atomic E-state index is 12.4. The third kappa shape index (κ3) is 3.12. The fraction of sp³-hybridized carbons (Fsp3) is 0.933. The molecule has 0 aromatic heterocycles. The highest BCUT2D eigenvalue weighted by atomic mass is 16.5. The second-order valence-electron chi connectivity index (χ2n) is 6.57. The first-order valence-corrected chi connectivity index (χ1v) is 7.32. The van der Waals surface area contributed by atoms with Crippen molar-refractivity contribution in [2.75, 3.05) is 26.7 Å². The average molecular weight is 253 g/mol. The molecule has 1 unspecified atom stereocenters. The first-order valence-electron chi connectivity index (χ1n) is 7.32. The van der Waals surface area contributed by atoms with Crippen molar-refractivity contribution in [3.05, 3.63) is 0 Å². The van der Waals surface area contributed by atoms with Gasteiger partial charge in [-0.15, -0.1) is 0 Å². The number of likely N-dealkylation sites (tertiary alicyclic amines) is 1. The number of nitrogens with zero attached hydrogens (tertiary/aromatic N) is 1. The van der Waals surface area contributed by atoms with E-state index in [1.165, 1.54) is 6.42 Å². The topological polar surface area (TPSA) is 29.5 Å². The minimum Gasteiger partial charge on any atom is -0.381 e. The van der Waals surface area contributed by atoms with Crippen LogP contribution in [0.5, 0.6) is 0 Å². The maximum absolute atomic E-state index is 12.4. The average Bonchev–Trinajstić information content (AvgIpc) is 2.36. The molecule has 1 aliphatic carbocycles. The molecule has 0 spiro atoms. The van der Waals surface area contributed by atoms with E-state index in [9.17, 15) is 4.79 Å². The van der Waals surface area contributed by atoms with Gasteiger partial charge in [0.15, 0.2) is 0 Å². The molecule has 104 valence electrons. The number of hydrogen-bond donors (Lipinski definition) is 0. The summed E-state index contributed by atoms with van der Waals surface area (Å²) in [6, 6.07) is 0. The van der Waals surface area contributed by atoms with Gasteiger partial charge in [0.1, 0.15) is 5.78 Å². The Labute approximate surface area is 111 Å². The van der Waals surface area contributed by atoms with Gasteiger partial charge >= 0.3 is 0 Å². The van der Waals surface area contributed by atoms with Crippen LogP contribution in [0.1, 0.15) is 46.0 Å². The van der Waals surface area contributed by atoms with Crippen molar-refractivity contribution in [1.29, 1.82) is 0 Å². The van der Waals surface area contributed by atoms with Crippen LogP contribution in [0.4, 0.5) is 0 Å². The summed E-state index contributed by atoms with van der Waals surface area (Å²) in [7, 11) is 1.80. The summed E-state index contributed by atoms with van der Waals surface area (Å²) in [5, 5.41) is 0. The van der Waals surface area contributed by atoms with Gasteiger partial charge in [-0.2, -0.15) is 0 Å². The van der Waals surface area contributed by atoms with Crippen LogP contribution in [0.15, 0.2) is 0 Å². The fourth-order valence-electron chi connectivity index (χ4n) is 3.41. The molecule has 1 aliphatic heterocycles. The lowest BCUT2D eigenvalue weighted by atomic mass is 9.71. The minimum absolute atomic E-state index is 0.0895. The molecule has 18 heavy (non-hydrogen) atoms. The van der Waals surface area contributed by atoms with E-state index in [1.807, 2.05) is 0 Å². The Bertz CT molecular complexity index is 293. The van der Waals surface area contributed by atoms with Gasteiger partial charge in [0.2, 0.25) is 0 Å². The van der Waals surface area contributed by atoms with E-state index in [4.69, 9.17) is 4.74 Å². The van der Waals surface area contributed by atoms with Gasteiger partial charge in [0, 0.05) is 38.1 Å². The Balaban J connectivity index is 1.84. The van der Waals surface area contributed by atoms with E-state index in [0.717, 1.165) is 45.3 Å². The number of ether oxygens (including phenoxy) is 1. The second kappa shape index (κ2) is 5.70. The number of carbonyl (C=O) groups is 1. The van der Waals surface area contributed by atoms with Gasteiger partial charge in [-0.25, -0.2) is 0 Å². The Morgan fingerprint density at radius 2 is 1.94 bits per heavy atom. The zero-order valence-electron chi connectivity index (χ0n) is 12.1. The van der Waals surface area contributed by atoms with E-state index < -0.39 is 0 Å². The van der Waals surface area contributed by atoms with Crippen LogP contribution >= 0.6 is 0 Å². The van der Waals surface area contributed by atoms with Crippen LogP contribution in [-0.4, -0.2) is 43.5 Å². The standard InChI is InChI=1S/C15H27NO2/c1-15(2)8-4-5-12(14(15)17)11-16-9-6-13(18-3)7-10-16/h12-13H,4-11H2,1-3H3. The molecule has 2 rings (SSSR count). The Morgan fingerprint density at radius 1 is 1.28 bits per heavy atom. The summed E-state index contributed by atoms with van der Waals surface area (Å²) in [5.74, 6) is 0.760. The second-order valence-corrected chi connectivity index (χ2v) is 6.57. The van der Waals surface area contributed by atoms with E-state index in [-0.39, 0.29) is 11.3 Å². The molecule has 0 aromatic rings. The summed E-state index contributed by atoms with van der Waals surface area (Å²) < 4.78 is 5.39. The first-order chi connectivity index (χ1) is 8.53. The number of rotatable bonds is 3. The molecular weight excluding hydrogens is 226 g/mol. The van der Waals surface area contributed by atoms with E-state index in [2.05, 4.69) is 18.7 Å². The number of Topliss-reactive ketones (excluding diaryl/α,β-unsaturated/α-hetero) is 1. The minimum atomic E-state index is -0.0895. The molecule has 2 fully saturated rings. The molecule has 3 nitrogen and oxygen atoms in total. The lowest BCUT2D eigenvalue weighted by Gasteiger charge is -2.38. The Morgan fingerprint density at radius 3 is 2.56 bits per heavy atom. The monoisotopic (exact) mass is 253 g/mol. The van der Waals surface area contributed by atoms with Crippen molar-refractivity contribution in [2.45, 2.75) is 52.1 Å². The molecule has 2 aliphatic rings. The number of carbonyl (C=O) groups excluding carboxylic acids is 1. The quantitative estimate of drug-likeness (QED) is 0.774. The van der Waals surface area contributed by atoms with Gasteiger partial charge in [0.05, 0.1) is 6.10 Å². The summed E-state index contributed by atoms with van der Waals surface area (Å²) in [4.78, 5) is 14.8. The highest BCUT2D eigenvalue weighted by molar-refractivity contribution is 5.87. The zero-order chi connectivity index (χ0) is 13.2. The predicted molar refractivity (Wildman–Crippen MR) is 72.6 cm³/mol. The molecule has 0 bridgehead atoms. The first kappa shape index (κ1) is 14.0. The highest BCUT2D eigenvalue weighted by Crippen LogP contribution is 2.36. The normalized spacial score (nSPS) is 30.6. The molecular formula is C15H27NO2. The molecule has 1 saturated heterocycles. The highest BCUT2D eigenvalue weighted by Gasteiger charge is 2.38. The van der Waals surface area contributed by atoms with Gasteiger partial charge in [-0.1, -0.05) is 20.3 Å². The number of ketones is 1. The van der Waals surface area contributed by atoms with Gasteiger partial charge < -0.3 is 9.64 Å². The molecule has 0 amide bonds. The number of hydrogen-bond acceptors (Lipinski definition) is 3. The SMILES string of the molecule is COC1CCN(CC2CCCC(C)(C)C2=O)CC1. The maximum Gasteiger partial charge on any atom is 0.142 e. The Hall–Kier alpha value is -0.410. The summed E-state index contributed by atoms with van der Waals surface area (Å²) in [6.07, 6.45) is 6.01. The van der Waals surface area contributed by atoms with Crippen LogP contribution in [0.2, 0.25) is 0 Å². The van der Waals surface area contributed by atoms with Crippen LogP contribution in [0.3, 0.4) is 0 Å². The smallest absolute Gasteiger partial charge is 0.142 e. The summed E-state index contributed by atoms with van der Waals surface area (Å²) in [6.45, 7) is 7.36. The van der Waals surface area contributed by atoms with Gasteiger partial charge in [0.25, 0.3) is 0 Å². The van der Waals surface area contributed by atoms with Crippen molar-refractivity contribution in [1.82, 2.24) is 4.90 Å². The Kier molecular flexibility index (Phi) is 4.44. The van der Waals surface area contributed by atoms with Crippen LogP contribution in [0.25, 0.3) is 0 Å². The van der Waals surface area contributed by atoms with Crippen LogP contribution < -0.4 is 0 Å². The molecule has 1 atom stereocenters. The lowest BCUT2D eigenvalue weighted by Crippen LogP contribution is -2.45. The van der Waals surface area contributed by atoms with Crippen molar-refractivity contribution in [3.63, 3.8) is 0 Å². The molecule has 0 aromatic carbocycles. The number of methoxy groups -OCH3 is 1. The van der Waals surface area contributed by atoms with E-state index in [1.54, 1.807) is 7.11 Å².